The minimum Gasteiger partial charge on any atom is -0.479 e. The predicted molar refractivity (Wildman–Crippen MR) is 125 cm³/mol. The van der Waals surface area contributed by atoms with E-state index in [4.69, 9.17) is 9.47 Å². The van der Waals surface area contributed by atoms with E-state index in [1.807, 2.05) is 50.2 Å². The van der Waals surface area contributed by atoms with Crippen LogP contribution in [0.2, 0.25) is 0 Å². The zero-order valence-electron chi connectivity index (χ0n) is 18.0. The molecule has 2 aromatic carbocycles. The molecule has 1 aliphatic rings. The van der Waals surface area contributed by atoms with Gasteiger partial charge in [-0.05, 0) is 67.4 Å². The van der Waals surface area contributed by atoms with E-state index < -0.39 is 0 Å². The second-order valence-corrected chi connectivity index (χ2v) is 7.67. The lowest BCUT2D eigenvalue weighted by Crippen LogP contribution is -2.04. The summed E-state index contributed by atoms with van der Waals surface area (Å²) in [4.78, 5) is 17.6. The number of pyridine rings is 1. The smallest absolute Gasteiger partial charge is 0.187 e. The lowest BCUT2D eigenvalue weighted by Gasteiger charge is -2.13. The van der Waals surface area contributed by atoms with Crippen LogP contribution in [0.15, 0.2) is 66.0 Å². The van der Waals surface area contributed by atoms with Crippen molar-refractivity contribution < 1.29 is 9.47 Å². The number of benzene rings is 2. The molecule has 4 aromatic rings. The molecule has 0 unspecified atom stereocenters. The zero-order chi connectivity index (χ0) is 21.9. The summed E-state index contributed by atoms with van der Waals surface area (Å²) in [7, 11) is 0. The molecule has 0 spiro atoms. The number of nitrogens with zero attached hydrogens (tertiary/aromatic N) is 4. The van der Waals surface area contributed by atoms with Crippen LogP contribution in [0, 0.1) is 13.8 Å². The van der Waals surface area contributed by atoms with Crippen LogP contribution < -0.4 is 10.1 Å². The van der Waals surface area contributed by atoms with E-state index in [-0.39, 0.29) is 0 Å². The Balaban J connectivity index is 1.40. The molecule has 2 aromatic heterocycles. The van der Waals surface area contributed by atoms with Crippen LogP contribution in [-0.4, -0.2) is 34.0 Å². The van der Waals surface area contributed by atoms with Gasteiger partial charge < -0.3 is 14.8 Å². The first-order chi connectivity index (χ1) is 15.7. The minimum atomic E-state index is 0.665. The summed E-state index contributed by atoms with van der Waals surface area (Å²) in [5, 5.41) is 4.38. The van der Waals surface area contributed by atoms with Crippen LogP contribution in [0.1, 0.15) is 16.8 Å². The van der Waals surface area contributed by atoms with Gasteiger partial charge in [0, 0.05) is 23.7 Å². The third kappa shape index (κ3) is 4.23. The largest absolute Gasteiger partial charge is 0.479 e. The van der Waals surface area contributed by atoms with E-state index in [1.165, 1.54) is 0 Å². The van der Waals surface area contributed by atoms with Crippen LogP contribution in [0.25, 0.3) is 10.9 Å². The number of rotatable bonds is 6. The molecule has 1 N–H and O–H groups in total. The fourth-order valence-electron chi connectivity index (χ4n) is 3.65. The Morgan fingerprint density at radius 1 is 1.00 bits per heavy atom. The van der Waals surface area contributed by atoms with Gasteiger partial charge in [0.2, 0.25) is 0 Å². The van der Waals surface area contributed by atoms with Crippen LogP contribution in [0.5, 0.6) is 11.5 Å². The lowest BCUT2D eigenvalue weighted by molar-refractivity contribution is 0.341. The van der Waals surface area contributed by atoms with Gasteiger partial charge >= 0.3 is 0 Å². The molecule has 1 aliphatic heterocycles. The number of fused-ring (bicyclic) bond motifs is 1. The van der Waals surface area contributed by atoms with Crippen molar-refractivity contribution in [2.24, 2.45) is 4.99 Å². The molecule has 3 heterocycles. The SMILES string of the molecule is Cc1cc(Nc2ncnc3ccc(CC4=NCCO4)cc23)ccc1Oc1cccnc1C. The average molecular weight is 425 g/mol. The van der Waals surface area contributed by atoms with E-state index in [1.54, 1.807) is 12.5 Å². The molecule has 5 rings (SSSR count). The summed E-state index contributed by atoms with van der Waals surface area (Å²) in [5.74, 6) is 3.08. The van der Waals surface area contributed by atoms with Crippen LogP contribution >= 0.6 is 0 Å². The van der Waals surface area contributed by atoms with Crippen LogP contribution in [0.3, 0.4) is 0 Å². The molecule has 32 heavy (non-hydrogen) atoms. The molecule has 7 heteroatoms. The molecule has 0 fully saturated rings. The van der Waals surface area contributed by atoms with Crippen molar-refractivity contribution in [3.63, 3.8) is 0 Å². The topological polar surface area (TPSA) is 81.5 Å². The number of aromatic nitrogens is 3. The molecule has 0 saturated heterocycles. The molecule has 7 nitrogen and oxygen atoms in total. The standard InChI is InChI=1S/C25H23N5O2/c1-16-12-19(6-8-22(16)32-23-4-3-9-26-17(23)2)30-25-20-13-18(14-24-27-10-11-31-24)5-7-21(20)28-15-29-25/h3-9,12-13,15H,10-11,14H2,1-2H3,(H,28,29,30). The van der Waals surface area contributed by atoms with Gasteiger partial charge in [-0.2, -0.15) is 0 Å². The summed E-state index contributed by atoms with van der Waals surface area (Å²) in [6.07, 6.45) is 4.00. The Morgan fingerprint density at radius 2 is 1.94 bits per heavy atom. The molecule has 0 amide bonds. The second kappa shape index (κ2) is 8.63. The highest BCUT2D eigenvalue weighted by atomic mass is 16.5. The summed E-state index contributed by atoms with van der Waals surface area (Å²) < 4.78 is 11.6. The fourth-order valence-corrected chi connectivity index (χ4v) is 3.65. The first-order valence-electron chi connectivity index (χ1n) is 10.5. The van der Waals surface area contributed by atoms with Crippen molar-refractivity contribution in [1.29, 1.82) is 0 Å². The number of anilines is 2. The van der Waals surface area contributed by atoms with Crippen molar-refractivity contribution in [3.8, 4) is 11.5 Å². The van der Waals surface area contributed by atoms with Gasteiger partial charge in [-0.25, -0.2) is 9.97 Å². The number of nitrogens with one attached hydrogen (secondary N) is 1. The fraction of sp³-hybridized carbons (Fsp3) is 0.200. The highest BCUT2D eigenvalue weighted by molar-refractivity contribution is 5.92. The first-order valence-corrected chi connectivity index (χ1v) is 10.5. The van der Waals surface area contributed by atoms with Gasteiger partial charge in [0.15, 0.2) is 5.90 Å². The average Bonchev–Trinajstić information content (AvgIpc) is 3.30. The zero-order valence-corrected chi connectivity index (χ0v) is 18.0. The molecule has 0 saturated carbocycles. The summed E-state index contributed by atoms with van der Waals surface area (Å²) in [6, 6.07) is 15.9. The number of ether oxygens (including phenoxy) is 2. The minimum absolute atomic E-state index is 0.665. The van der Waals surface area contributed by atoms with E-state index in [9.17, 15) is 0 Å². The van der Waals surface area contributed by atoms with Gasteiger partial charge in [-0.3, -0.25) is 9.98 Å². The molecule has 0 atom stereocenters. The number of aliphatic imine (C=N–C) groups is 1. The highest BCUT2D eigenvalue weighted by Gasteiger charge is 2.12. The van der Waals surface area contributed by atoms with Gasteiger partial charge in [0.1, 0.15) is 30.3 Å². The maximum absolute atomic E-state index is 6.06. The van der Waals surface area contributed by atoms with Crippen molar-refractivity contribution in [2.75, 3.05) is 18.5 Å². The predicted octanol–water partition coefficient (Wildman–Crippen LogP) is 5.15. The molecule has 0 radical (unpaired) electrons. The lowest BCUT2D eigenvalue weighted by atomic mass is 10.1. The first kappa shape index (κ1) is 19.9. The Kier molecular flexibility index (Phi) is 5.37. The second-order valence-electron chi connectivity index (χ2n) is 7.67. The maximum Gasteiger partial charge on any atom is 0.187 e. The highest BCUT2D eigenvalue weighted by Crippen LogP contribution is 2.30. The third-order valence-electron chi connectivity index (χ3n) is 5.32. The van der Waals surface area contributed by atoms with Gasteiger partial charge in [-0.1, -0.05) is 6.07 Å². The van der Waals surface area contributed by atoms with E-state index in [2.05, 4.69) is 37.4 Å². The molecular formula is C25H23N5O2. The van der Waals surface area contributed by atoms with Crippen LogP contribution in [0.4, 0.5) is 11.5 Å². The quantitative estimate of drug-likeness (QED) is 0.460. The normalized spacial score (nSPS) is 13.0. The number of aryl methyl sites for hydroxylation is 2. The van der Waals surface area contributed by atoms with Gasteiger partial charge in [-0.15, -0.1) is 0 Å². The molecule has 160 valence electrons. The van der Waals surface area contributed by atoms with Crippen molar-refractivity contribution in [3.05, 3.63) is 77.9 Å². The van der Waals surface area contributed by atoms with E-state index >= 15 is 0 Å². The summed E-state index contributed by atoms with van der Waals surface area (Å²) >= 11 is 0. The van der Waals surface area contributed by atoms with E-state index in [0.717, 1.165) is 63.2 Å². The van der Waals surface area contributed by atoms with Gasteiger partial charge in [0.25, 0.3) is 0 Å². The Labute approximate surface area is 186 Å². The summed E-state index contributed by atoms with van der Waals surface area (Å²) in [5.41, 5.74) is 4.78. The van der Waals surface area contributed by atoms with E-state index in [0.29, 0.717) is 13.0 Å². The van der Waals surface area contributed by atoms with Gasteiger partial charge in [0.05, 0.1) is 17.8 Å². The maximum atomic E-state index is 6.06. The monoisotopic (exact) mass is 425 g/mol. The van der Waals surface area contributed by atoms with Crippen molar-refractivity contribution in [2.45, 2.75) is 20.3 Å². The Bertz CT molecular complexity index is 1320. The third-order valence-corrected chi connectivity index (χ3v) is 5.32. The summed E-state index contributed by atoms with van der Waals surface area (Å²) in [6.45, 7) is 5.35. The van der Waals surface area contributed by atoms with Crippen molar-refractivity contribution in [1.82, 2.24) is 15.0 Å². The van der Waals surface area contributed by atoms with Crippen LogP contribution in [-0.2, 0) is 11.2 Å². The number of hydrogen-bond acceptors (Lipinski definition) is 7. The van der Waals surface area contributed by atoms with Crippen molar-refractivity contribution >= 4 is 28.3 Å². The number of hydrogen-bond donors (Lipinski definition) is 1. The molecular weight excluding hydrogens is 402 g/mol. The molecule has 0 bridgehead atoms. The Morgan fingerprint density at radius 3 is 2.75 bits per heavy atom. The molecule has 0 aliphatic carbocycles. The Hall–Kier alpha value is -4.00.